The van der Waals surface area contributed by atoms with E-state index in [0.717, 1.165) is 27.4 Å². The van der Waals surface area contributed by atoms with Crippen LogP contribution in [-0.4, -0.2) is 5.04 Å². The largest absolute Gasteiger partial charge is 0.241 e. The zero-order valence-electron chi connectivity index (χ0n) is 26.8. The number of fused-ring (bicyclic) bond motifs is 7. The summed E-state index contributed by atoms with van der Waals surface area (Å²) in [7, 11) is 0. The van der Waals surface area contributed by atoms with Crippen molar-refractivity contribution in [1.29, 1.82) is 0 Å². The lowest BCUT2D eigenvalue weighted by atomic mass is 9.91. The van der Waals surface area contributed by atoms with Crippen LogP contribution in [0.2, 0.25) is 0 Å². The van der Waals surface area contributed by atoms with Crippen LogP contribution in [0.5, 0.6) is 0 Å². The Morgan fingerprint density at radius 2 is 1.02 bits per heavy atom. The predicted molar refractivity (Wildman–Crippen MR) is 213 cm³/mol. The lowest BCUT2D eigenvalue weighted by molar-refractivity contribution is 1.43. The van der Waals surface area contributed by atoms with E-state index in [0.29, 0.717) is 0 Å². The maximum atomic E-state index is 5.13. The van der Waals surface area contributed by atoms with E-state index in [4.69, 9.17) is 4.99 Å². The fourth-order valence-electron chi connectivity index (χ4n) is 7.02. The van der Waals surface area contributed by atoms with Crippen LogP contribution in [0.4, 0.5) is 0 Å². The molecule has 1 aliphatic rings. The van der Waals surface area contributed by atoms with E-state index >= 15 is 0 Å². The fraction of sp³-hybridized carbons (Fsp3) is 0. The molecule has 0 spiro atoms. The molecule has 0 amide bonds. The Kier molecular flexibility index (Phi) is 7.30. The van der Waals surface area contributed by atoms with Crippen molar-refractivity contribution in [3.63, 3.8) is 0 Å². The van der Waals surface area contributed by atoms with E-state index in [1.807, 2.05) is 18.2 Å². The van der Waals surface area contributed by atoms with Gasteiger partial charge >= 0.3 is 0 Å². The summed E-state index contributed by atoms with van der Waals surface area (Å²) in [6.07, 6.45) is 2.29. The van der Waals surface area contributed by atoms with Crippen molar-refractivity contribution >= 4 is 66.5 Å². The highest BCUT2D eigenvalue weighted by Gasteiger charge is 2.25. The second-order valence-electron chi connectivity index (χ2n) is 12.4. The third-order valence-corrected chi connectivity index (χ3v) is 10.5. The fourth-order valence-corrected chi connectivity index (χ4v) is 8.07. The molecule has 1 heterocycles. The SMILES string of the molecule is C=C(N=C1Sc2ccc(-c3ccccc3)cc2C1=Cc1cccc(-c2ccc3c4ccccc4c4ccccc4c3c2)c1)c1ccccc1. The van der Waals surface area contributed by atoms with Gasteiger partial charge in [-0.25, -0.2) is 4.99 Å². The minimum absolute atomic E-state index is 0.759. The first kappa shape index (κ1) is 29.2. The van der Waals surface area contributed by atoms with Crippen LogP contribution in [0.1, 0.15) is 16.7 Å². The molecule has 0 unspecified atom stereocenters. The average molecular weight is 642 g/mol. The maximum absolute atomic E-state index is 5.13. The number of thioether (sulfide) groups is 1. The number of benzene rings is 8. The molecule has 0 fully saturated rings. The Bertz CT molecular complexity index is 2600. The molecule has 0 aliphatic carbocycles. The smallest absolute Gasteiger partial charge is 0.109 e. The molecule has 0 radical (unpaired) electrons. The molecule has 1 nitrogen and oxygen atoms in total. The van der Waals surface area contributed by atoms with Gasteiger partial charge in [0.05, 0.1) is 5.70 Å². The van der Waals surface area contributed by atoms with E-state index in [2.05, 4.69) is 164 Å². The van der Waals surface area contributed by atoms with Crippen LogP contribution in [0, 0.1) is 0 Å². The number of hydrogen-bond donors (Lipinski definition) is 0. The zero-order chi connectivity index (χ0) is 32.7. The minimum atomic E-state index is 0.759. The second kappa shape index (κ2) is 12.2. The van der Waals surface area contributed by atoms with Gasteiger partial charge in [0.15, 0.2) is 0 Å². The van der Waals surface area contributed by atoms with Crippen LogP contribution < -0.4 is 0 Å². The van der Waals surface area contributed by atoms with Crippen LogP contribution >= 0.6 is 11.8 Å². The van der Waals surface area contributed by atoms with Gasteiger partial charge in [-0.05, 0) is 102 Å². The molecular weight excluding hydrogens is 611 g/mol. The van der Waals surface area contributed by atoms with Gasteiger partial charge in [-0.15, -0.1) is 0 Å². The van der Waals surface area contributed by atoms with Gasteiger partial charge < -0.3 is 0 Å². The Morgan fingerprint density at radius 1 is 0.469 bits per heavy atom. The summed E-state index contributed by atoms with van der Waals surface area (Å²) in [6.45, 7) is 4.35. The van der Waals surface area contributed by atoms with E-state index in [1.165, 1.54) is 65.0 Å². The molecule has 0 aromatic heterocycles. The van der Waals surface area contributed by atoms with Crippen molar-refractivity contribution in [2.75, 3.05) is 0 Å². The summed E-state index contributed by atoms with van der Waals surface area (Å²) in [5.74, 6) is 0. The molecule has 0 bridgehead atoms. The topological polar surface area (TPSA) is 12.4 Å². The monoisotopic (exact) mass is 641 g/mol. The molecule has 0 atom stereocenters. The van der Waals surface area contributed by atoms with E-state index < -0.39 is 0 Å². The first-order chi connectivity index (χ1) is 24.2. The van der Waals surface area contributed by atoms with Crippen LogP contribution in [0.15, 0.2) is 186 Å². The van der Waals surface area contributed by atoms with Crippen LogP contribution in [0.3, 0.4) is 0 Å². The highest BCUT2D eigenvalue weighted by atomic mass is 32.2. The Hall–Kier alpha value is -5.96. The molecule has 9 rings (SSSR count). The summed E-state index contributed by atoms with van der Waals surface area (Å²) >= 11 is 1.72. The van der Waals surface area contributed by atoms with Crippen molar-refractivity contribution in [2.45, 2.75) is 4.90 Å². The summed E-state index contributed by atoms with van der Waals surface area (Å²) in [5, 5.41) is 8.68. The first-order valence-corrected chi connectivity index (χ1v) is 17.4. The van der Waals surface area contributed by atoms with Crippen molar-refractivity contribution in [3.8, 4) is 22.3 Å². The number of aliphatic imine (C=N–C) groups is 1. The van der Waals surface area contributed by atoms with Gasteiger partial charge in [-0.2, -0.15) is 0 Å². The summed E-state index contributed by atoms with van der Waals surface area (Å²) in [4.78, 5) is 6.33. The van der Waals surface area contributed by atoms with E-state index in [1.54, 1.807) is 11.8 Å². The van der Waals surface area contributed by atoms with Gasteiger partial charge in [-0.3, -0.25) is 0 Å². The van der Waals surface area contributed by atoms with Crippen LogP contribution in [0.25, 0.3) is 71.9 Å². The number of nitrogens with zero attached hydrogens (tertiary/aromatic N) is 1. The Labute approximate surface area is 290 Å². The Morgan fingerprint density at radius 3 is 1.73 bits per heavy atom. The van der Waals surface area contributed by atoms with Gasteiger partial charge in [0.25, 0.3) is 0 Å². The standard InChI is InChI=1S/C47H31NS/c1-31(33-14-4-2-5-15-33)48-47-45(44-30-36(24-26-46(44)49-47)34-16-6-3-7-17-34)28-32-13-12-18-35(27-32)37-23-25-42-40-21-9-8-19-38(40)39-20-10-11-22-41(39)43(42)29-37/h2-30H,1H2. The number of rotatable bonds is 5. The lowest BCUT2D eigenvalue weighted by Crippen LogP contribution is -1.92. The highest BCUT2D eigenvalue weighted by Crippen LogP contribution is 2.45. The van der Waals surface area contributed by atoms with E-state index in [9.17, 15) is 0 Å². The highest BCUT2D eigenvalue weighted by molar-refractivity contribution is 8.15. The molecule has 0 saturated carbocycles. The normalized spacial score (nSPS) is 14.2. The molecule has 1 aliphatic heterocycles. The third kappa shape index (κ3) is 5.37. The third-order valence-electron chi connectivity index (χ3n) is 9.43. The van der Waals surface area contributed by atoms with Gasteiger partial charge in [-0.1, -0.05) is 164 Å². The first-order valence-electron chi connectivity index (χ1n) is 16.6. The summed E-state index contributed by atoms with van der Waals surface area (Å²) in [6, 6.07) is 60.8. The Balaban J connectivity index is 1.17. The molecule has 0 N–H and O–H groups in total. The van der Waals surface area contributed by atoms with Crippen molar-refractivity contribution in [2.24, 2.45) is 4.99 Å². The number of hydrogen-bond acceptors (Lipinski definition) is 2. The quantitative estimate of drug-likeness (QED) is 0.170. The van der Waals surface area contributed by atoms with Crippen molar-refractivity contribution in [1.82, 2.24) is 0 Å². The maximum Gasteiger partial charge on any atom is 0.109 e. The molecular formula is C47H31NS. The summed E-state index contributed by atoms with van der Waals surface area (Å²) in [5.41, 5.74) is 10.0. The van der Waals surface area contributed by atoms with Gasteiger partial charge in [0.1, 0.15) is 5.04 Å². The molecule has 49 heavy (non-hydrogen) atoms. The summed E-state index contributed by atoms with van der Waals surface area (Å²) < 4.78 is 0. The molecule has 2 heteroatoms. The van der Waals surface area contributed by atoms with Crippen molar-refractivity contribution in [3.05, 3.63) is 193 Å². The van der Waals surface area contributed by atoms with Gasteiger partial charge in [0, 0.05) is 10.5 Å². The second-order valence-corrected chi connectivity index (χ2v) is 13.5. The molecule has 8 aromatic rings. The lowest BCUT2D eigenvalue weighted by Gasteiger charge is -2.12. The zero-order valence-corrected chi connectivity index (χ0v) is 27.6. The van der Waals surface area contributed by atoms with Crippen LogP contribution in [-0.2, 0) is 0 Å². The minimum Gasteiger partial charge on any atom is -0.241 e. The van der Waals surface area contributed by atoms with Crippen molar-refractivity contribution < 1.29 is 0 Å². The predicted octanol–water partition coefficient (Wildman–Crippen LogP) is 13.2. The van der Waals surface area contributed by atoms with E-state index in [-0.39, 0.29) is 0 Å². The molecule has 8 aromatic carbocycles. The average Bonchev–Trinajstić information content (AvgIpc) is 3.50. The molecule has 230 valence electrons. The van der Waals surface area contributed by atoms with Gasteiger partial charge in [0.2, 0.25) is 0 Å². The molecule has 0 saturated heterocycles.